The van der Waals surface area contributed by atoms with E-state index in [1.165, 1.54) is 0 Å². The van der Waals surface area contributed by atoms with Gasteiger partial charge in [-0.3, -0.25) is 19.5 Å². The first-order chi connectivity index (χ1) is 22.3. The number of aryl methyl sites for hydroxylation is 1. The second-order valence-electron chi connectivity index (χ2n) is 11.8. The number of fused-ring (bicyclic) bond motifs is 1. The number of anilines is 5. The SMILES string of the molecule is COc1cc(N2CCC(N3CC(F)C3)C2)c(-c2cnn(C)c2)cc1Nc1ncc(Br)c(Nc2ccc3nccnc3c2P(C)C)n1. The normalized spacial score (nSPS) is 17.1. The Balaban J connectivity index is 1.21. The molecule has 3 aromatic heterocycles. The molecule has 46 heavy (non-hydrogen) atoms. The quantitative estimate of drug-likeness (QED) is 0.186. The third kappa shape index (κ3) is 5.99. The van der Waals surface area contributed by atoms with Crippen LogP contribution >= 0.6 is 23.9 Å². The Kier molecular flexibility index (Phi) is 8.48. The zero-order chi connectivity index (χ0) is 31.9. The van der Waals surface area contributed by atoms with Crippen molar-refractivity contribution in [3.8, 4) is 16.9 Å². The van der Waals surface area contributed by atoms with Crippen LogP contribution in [-0.4, -0.2) is 93.4 Å². The molecule has 2 aliphatic heterocycles. The Morgan fingerprint density at radius 2 is 1.85 bits per heavy atom. The molecular weight excluding hydrogens is 670 g/mol. The second kappa shape index (κ2) is 12.7. The van der Waals surface area contributed by atoms with E-state index >= 15 is 0 Å². The minimum absolute atomic E-state index is 0.340. The molecule has 2 aliphatic rings. The van der Waals surface area contributed by atoms with E-state index in [0.29, 0.717) is 36.6 Å². The average molecular weight is 706 g/mol. The van der Waals surface area contributed by atoms with Crippen molar-refractivity contribution in [2.75, 3.05) is 62.2 Å². The van der Waals surface area contributed by atoms with Gasteiger partial charge in [0.05, 0.1) is 34.5 Å². The molecule has 2 saturated heterocycles. The maximum absolute atomic E-state index is 13.6. The number of benzene rings is 2. The van der Waals surface area contributed by atoms with E-state index in [2.05, 4.69) is 81.9 Å². The maximum Gasteiger partial charge on any atom is 0.229 e. The van der Waals surface area contributed by atoms with Crippen molar-refractivity contribution >= 4 is 69.0 Å². The molecule has 7 rings (SSSR count). The van der Waals surface area contributed by atoms with Crippen LogP contribution < -0.4 is 25.6 Å². The smallest absolute Gasteiger partial charge is 0.229 e. The van der Waals surface area contributed by atoms with Crippen molar-refractivity contribution in [1.82, 2.24) is 34.6 Å². The van der Waals surface area contributed by atoms with Crippen LogP contribution in [0.2, 0.25) is 0 Å². The Morgan fingerprint density at radius 3 is 2.59 bits per heavy atom. The lowest BCUT2D eigenvalue weighted by atomic mass is 10.0. The van der Waals surface area contributed by atoms with Gasteiger partial charge in [0.25, 0.3) is 0 Å². The van der Waals surface area contributed by atoms with Gasteiger partial charge in [-0.2, -0.15) is 10.1 Å². The number of nitrogens with zero attached hydrogens (tertiary/aromatic N) is 8. The van der Waals surface area contributed by atoms with Crippen LogP contribution in [-0.2, 0) is 7.05 Å². The molecule has 0 radical (unpaired) electrons. The highest BCUT2D eigenvalue weighted by Gasteiger charge is 2.37. The van der Waals surface area contributed by atoms with Gasteiger partial charge in [0, 0.05) is 97.9 Å². The fraction of sp³-hybridized carbons (Fsp3) is 0.344. The monoisotopic (exact) mass is 704 g/mol. The summed E-state index contributed by atoms with van der Waals surface area (Å²) >= 11 is 3.63. The molecule has 5 aromatic rings. The van der Waals surface area contributed by atoms with Gasteiger partial charge in [-0.15, -0.1) is 0 Å². The molecule has 11 nitrogen and oxygen atoms in total. The number of hydrogen-bond donors (Lipinski definition) is 2. The highest BCUT2D eigenvalue weighted by Crippen LogP contribution is 2.42. The van der Waals surface area contributed by atoms with Crippen molar-refractivity contribution in [2.24, 2.45) is 7.05 Å². The molecule has 1 atom stereocenters. The minimum Gasteiger partial charge on any atom is -0.494 e. The van der Waals surface area contributed by atoms with Crippen LogP contribution in [0.5, 0.6) is 5.75 Å². The zero-order valence-electron chi connectivity index (χ0n) is 26.1. The summed E-state index contributed by atoms with van der Waals surface area (Å²) < 4.78 is 22.0. The highest BCUT2D eigenvalue weighted by atomic mass is 79.9. The molecule has 238 valence electrons. The molecule has 2 fully saturated rings. The number of alkyl halides is 1. The Hall–Kier alpha value is -3.93. The van der Waals surface area contributed by atoms with E-state index in [1.807, 2.05) is 31.6 Å². The van der Waals surface area contributed by atoms with Gasteiger partial charge >= 0.3 is 0 Å². The molecule has 14 heteroatoms. The van der Waals surface area contributed by atoms with Crippen molar-refractivity contribution in [3.05, 3.63) is 59.7 Å². The Labute approximate surface area is 276 Å². The van der Waals surface area contributed by atoms with Crippen LogP contribution in [0, 0.1) is 0 Å². The van der Waals surface area contributed by atoms with E-state index in [1.54, 1.807) is 30.4 Å². The molecule has 0 saturated carbocycles. The number of aromatic nitrogens is 6. The predicted molar refractivity (Wildman–Crippen MR) is 187 cm³/mol. The predicted octanol–water partition coefficient (Wildman–Crippen LogP) is 5.68. The number of ether oxygens (including phenoxy) is 1. The molecule has 0 amide bonds. The second-order valence-corrected chi connectivity index (χ2v) is 14.9. The van der Waals surface area contributed by atoms with Gasteiger partial charge in [-0.1, -0.05) is 7.92 Å². The van der Waals surface area contributed by atoms with Crippen molar-refractivity contribution in [2.45, 2.75) is 18.6 Å². The van der Waals surface area contributed by atoms with Crippen molar-refractivity contribution in [3.63, 3.8) is 0 Å². The molecule has 0 spiro atoms. The van der Waals surface area contributed by atoms with Crippen molar-refractivity contribution in [1.29, 1.82) is 0 Å². The largest absolute Gasteiger partial charge is 0.494 e. The lowest BCUT2D eigenvalue weighted by Crippen LogP contribution is -2.54. The molecule has 2 N–H and O–H groups in total. The minimum atomic E-state index is -0.706. The molecule has 2 aromatic carbocycles. The third-order valence-electron chi connectivity index (χ3n) is 8.52. The van der Waals surface area contributed by atoms with E-state index in [4.69, 9.17) is 9.72 Å². The summed E-state index contributed by atoms with van der Waals surface area (Å²) in [6, 6.07) is 8.47. The number of hydrogen-bond acceptors (Lipinski definition) is 10. The van der Waals surface area contributed by atoms with Crippen LogP contribution in [0.25, 0.3) is 22.2 Å². The van der Waals surface area contributed by atoms with Gasteiger partial charge in [0.1, 0.15) is 17.7 Å². The molecule has 0 aliphatic carbocycles. The van der Waals surface area contributed by atoms with Crippen LogP contribution in [0.4, 0.5) is 33.2 Å². The standard InChI is InChI=1S/C32H35BrFN10OP/c1-42-15-19(13-38-42)22-11-26(28(45-2)12-27(22)43-10-7-21(18-43)44-16-20(34)17-44)40-32-37-14-23(33)31(41-32)39-25-6-5-24-29(30(25)46(3)4)36-9-8-35-24/h5-6,8-9,11-15,20-21H,7,10,16-18H2,1-4H3,(H2,37,39,40,41). The van der Waals surface area contributed by atoms with E-state index < -0.39 is 14.1 Å². The summed E-state index contributed by atoms with van der Waals surface area (Å²) in [6.45, 7) is 7.17. The van der Waals surface area contributed by atoms with Gasteiger partial charge in [-0.05, 0) is 53.9 Å². The summed E-state index contributed by atoms with van der Waals surface area (Å²) in [4.78, 5) is 23.1. The summed E-state index contributed by atoms with van der Waals surface area (Å²) in [5.41, 5.74) is 6.46. The summed E-state index contributed by atoms with van der Waals surface area (Å²) in [5.74, 6) is 1.69. The number of rotatable bonds is 9. The molecule has 0 bridgehead atoms. The zero-order valence-corrected chi connectivity index (χ0v) is 28.6. The lowest BCUT2D eigenvalue weighted by molar-refractivity contribution is 0.0347. The average Bonchev–Trinajstić information content (AvgIpc) is 3.70. The maximum atomic E-state index is 13.6. The van der Waals surface area contributed by atoms with Crippen LogP contribution in [0.15, 0.2) is 59.7 Å². The van der Waals surface area contributed by atoms with Crippen molar-refractivity contribution < 1.29 is 9.13 Å². The number of methoxy groups -OCH3 is 1. The van der Waals surface area contributed by atoms with Crippen LogP contribution in [0.1, 0.15) is 6.42 Å². The fourth-order valence-electron chi connectivity index (χ4n) is 6.24. The van der Waals surface area contributed by atoms with E-state index in [9.17, 15) is 4.39 Å². The number of halogens is 2. The Morgan fingerprint density at radius 1 is 1.02 bits per heavy atom. The topological polar surface area (TPSA) is 109 Å². The molecule has 5 heterocycles. The highest BCUT2D eigenvalue weighted by molar-refractivity contribution is 9.10. The lowest BCUT2D eigenvalue weighted by Gasteiger charge is -2.39. The first-order valence-electron chi connectivity index (χ1n) is 15.1. The number of likely N-dealkylation sites (tertiary alicyclic amines) is 1. The number of nitrogens with one attached hydrogen (secondary N) is 2. The van der Waals surface area contributed by atoms with Gasteiger partial charge in [0.15, 0.2) is 0 Å². The summed E-state index contributed by atoms with van der Waals surface area (Å²) in [7, 11) is 3.07. The molecule has 1 unspecified atom stereocenters. The first kappa shape index (κ1) is 30.7. The first-order valence-corrected chi connectivity index (χ1v) is 18.1. The summed E-state index contributed by atoms with van der Waals surface area (Å²) in [5, 5.41) is 12.5. The summed E-state index contributed by atoms with van der Waals surface area (Å²) in [6.07, 6.45) is 9.32. The fourth-order valence-corrected chi connectivity index (χ4v) is 7.74. The van der Waals surface area contributed by atoms with Crippen LogP contribution in [0.3, 0.4) is 0 Å². The Bertz CT molecular complexity index is 1900. The third-order valence-corrected chi connectivity index (χ3v) is 10.5. The molecular formula is C32H35BrFN10OP. The van der Waals surface area contributed by atoms with Gasteiger partial charge in [0.2, 0.25) is 5.95 Å². The van der Waals surface area contributed by atoms with Gasteiger partial charge in [-0.25, -0.2) is 9.37 Å². The van der Waals surface area contributed by atoms with E-state index in [-0.39, 0.29) is 0 Å². The van der Waals surface area contributed by atoms with E-state index in [0.717, 1.165) is 68.5 Å². The van der Waals surface area contributed by atoms with Gasteiger partial charge < -0.3 is 20.3 Å².